The van der Waals surface area contributed by atoms with Gasteiger partial charge in [-0.15, -0.1) is 0 Å². The normalized spacial score (nSPS) is 11.8. The number of hydrogen-bond donors (Lipinski definition) is 0. The van der Waals surface area contributed by atoms with Gasteiger partial charge in [0, 0.05) is 54.7 Å². The lowest BCUT2D eigenvalue weighted by Crippen LogP contribution is -2.03. The van der Waals surface area contributed by atoms with Gasteiger partial charge in [0.25, 0.3) is 0 Å². The number of rotatable bonds is 6. The molecule has 64 heavy (non-hydrogen) atoms. The van der Waals surface area contributed by atoms with Crippen LogP contribution in [0.5, 0.6) is 0 Å². The minimum atomic E-state index is 0.608. The summed E-state index contributed by atoms with van der Waals surface area (Å²) in [5.41, 5.74) is 11.7. The summed E-state index contributed by atoms with van der Waals surface area (Å²) in [5.74, 6) is 1.83. The Morgan fingerprint density at radius 2 is 0.828 bits per heavy atom. The van der Waals surface area contributed by atoms with Crippen LogP contribution in [0.3, 0.4) is 0 Å². The van der Waals surface area contributed by atoms with E-state index in [1.54, 1.807) is 0 Å². The molecule has 0 N–H and O–H groups in total. The summed E-state index contributed by atoms with van der Waals surface area (Å²) in [6, 6.07) is 79.8. The number of fused-ring (bicyclic) bond motifs is 8. The van der Waals surface area contributed by atoms with Gasteiger partial charge in [-0.25, -0.2) is 15.0 Å². The highest BCUT2D eigenvalue weighted by Gasteiger charge is 2.23. The Hall–Kier alpha value is -8.67. The van der Waals surface area contributed by atoms with E-state index < -0.39 is 0 Å². The number of para-hydroxylation sites is 4. The quantitative estimate of drug-likeness (QED) is 0.168. The van der Waals surface area contributed by atoms with Crippen molar-refractivity contribution in [2.24, 2.45) is 0 Å². The average Bonchev–Trinajstić information content (AvgIpc) is 3.88. The van der Waals surface area contributed by atoms with E-state index >= 15 is 0 Å². The maximum Gasteiger partial charge on any atom is 0.166 e. The molecule has 0 saturated carbocycles. The molecule has 13 rings (SSSR count). The van der Waals surface area contributed by atoms with Crippen molar-refractivity contribution < 1.29 is 0 Å². The van der Waals surface area contributed by atoms with Crippen LogP contribution < -0.4 is 0 Å². The van der Waals surface area contributed by atoms with Gasteiger partial charge in [-0.3, -0.25) is 0 Å². The Morgan fingerprint density at radius 3 is 1.56 bits per heavy atom. The largest absolute Gasteiger partial charge is 0.309 e. The molecule has 0 spiro atoms. The first-order valence-corrected chi connectivity index (χ1v) is 21.7. The van der Waals surface area contributed by atoms with Crippen LogP contribution in [0.25, 0.3) is 122 Å². The van der Waals surface area contributed by atoms with E-state index in [9.17, 15) is 0 Å². The van der Waals surface area contributed by atoms with Crippen LogP contribution in [0.15, 0.2) is 224 Å². The van der Waals surface area contributed by atoms with E-state index in [1.165, 1.54) is 26.9 Å². The first kappa shape index (κ1) is 36.0. The first-order chi connectivity index (χ1) is 31.8. The molecule has 0 aliphatic carbocycles. The number of nitrogens with zero attached hydrogens (tertiary/aromatic N) is 5. The predicted octanol–water partition coefficient (Wildman–Crippen LogP) is 15.0. The Bertz CT molecular complexity index is 3940. The van der Waals surface area contributed by atoms with Crippen molar-refractivity contribution in [3.05, 3.63) is 224 Å². The lowest BCUT2D eigenvalue weighted by atomic mass is 9.93. The Morgan fingerprint density at radius 1 is 0.297 bits per heavy atom. The molecule has 0 saturated heterocycles. The van der Waals surface area contributed by atoms with Crippen molar-refractivity contribution in [1.29, 1.82) is 0 Å². The van der Waals surface area contributed by atoms with Crippen LogP contribution in [0.1, 0.15) is 0 Å². The third kappa shape index (κ3) is 5.61. The van der Waals surface area contributed by atoms with E-state index in [4.69, 9.17) is 15.0 Å². The van der Waals surface area contributed by atoms with E-state index in [2.05, 4.69) is 215 Å². The zero-order valence-corrected chi connectivity index (χ0v) is 34.6. The molecular formula is C59H37N5. The number of hydrogen-bond acceptors (Lipinski definition) is 3. The second kappa shape index (κ2) is 14.5. The monoisotopic (exact) mass is 815 g/mol. The molecule has 0 aliphatic rings. The van der Waals surface area contributed by atoms with Crippen molar-refractivity contribution in [3.8, 4) is 56.7 Å². The van der Waals surface area contributed by atoms with Gasteiger partial charge in [-0.05, 0) is 76.5 Å². The zero-order valence-electron chi connectivity index (χ0n) is 34.6. The highest BCUT2D eigenvalue weighted by molar-refractivity contribution is 6.17. The summed E-state index contributed by atoms with van der Waals surface area (Å²) in [4.78, 5) is 16.2. The summed E-state index contributed by atoms with van der Waals surface area (Å²) in [6.07, 6.45) is 0. The summed E-state index contributed by atoms with van der Waals surface area (Å²) < 4.78 is 4.79. The summed E-state index contributed by atoms with van der Waals surface area (Å²) >= 11 is 0. The molecule has 5 heteroatoms. The Labute approximate surface area is 368 Å². The molecule has 0 atom stereocenters. The summed E-state index contributed by atoms with van der Waals surface area (Å²) in [6.45, 7) is 0. The van der Waals surface area contributed by atoms with Crippen LogP contribution in [-0.2, 0) is 0 Å². The maximum atomic E-state index is 5.52. The van der Waals surface area contributed by atoms with Crippen molar-refractivity contribution >= 4 is 65.2 Å². The molecule has 10 aromatic carbocycles. The second-order valence-corrected chi connectivity index (χ2v) is 16.4. The fraction of sp³-hybridized carbons (Fsp3) is 0. The SMILES string of the molecule is c1ccc(-c2nc(-c3ccc(-n4c5ccccc5c5cc6ccccc6cc54)c4cccc(-c5ccccc5)c34)nc(-c3cccc4c5ccccc5n(-c5ccccc5)c34)n2)cc1. The molecule has 0 amide bonds. The van der Waals surface area contributed by atoms with Crippen LogP contribution >= 0.6 is 0 Å². The zero-order chi connectivity index (χ0) is 42.1. The van der Waals surface area contributed by atoms with Crippen molar-refractivity contribution in [1.82, 2.24) is 24.1 Å². The van der Waals surface area contributed by atoms with Gasteiger partial charge in [0.1, 0.15) is 0 Å². The average molecular weight is 816 g/mol. The predicted molar refractivity (Wildman–Crippen MR) is 265 cm³/mol. The van der Waals surface area contributed by atoms with E-state index in [0.717, 1.165) is 77.4 Å². The highest BCUT2D eigenvalue weighted by Crippen LogP contribution is 2.43. The van der Waals surface area contributed by atoms with Crippen molar-refractivity contribution in [2.75, 3.05) is 0 Å². The third-order valence-corrected chi connectivity index (χ3v) is 12.7. The van der Waals surface area contributed by atoms with E-state index in [1.807, 2.05) is 18.2 Å². The summed E-state index contributed by atoms with van der Waals surface area (Å²) in [7, 11) is 0. The molecule has 13 aromatic rings. The molecule has 298 valence electrons. The van der Waals surface area contributed by atoms with Crippen LogP contribution in [0.2, 0.25) is 0 Å². The minimum Gasteiger partial charge on any atom is -0.309 e. The van der Waals surface area contributed by atoms with Gasteiger partial charge in [0.15, 0.2) is 17.5 Å². The first-order valence-electron chi connectivity index (χ1n) is 21.7. The minimum absolute atomic E-state index is 0.608. The lowest BCUT2D eigenvalue weighted by Gasteiger charge is -2.18. The molecule has 0 bridgehead atoms. The lowest BCUT2D eigenvalue weighted by molar-refractivity contribution is 1.07. The molecule has 0 aliphatic heterocycles. The van der Waals surface area contributed by atoms with Crippen LogP contribution in [-0.4, -0.2) is 24.1 Å². The Kier molecular flexibility index (Phi) is 8.15. The third-order valence-electron chi connectivity index (χ3n) is 12.7. The van der Waals surface area contributed by atoms with E-state index in [-0.39, 0.29) is 0 Å². The van der Waals surface area contributed by atoms with Crippen molar-refractivity contribution in [3.63, 3.8) is 0 Å². The van der Waals surface area contributed by atoms with E-state index in [0.29, 0.717) is 17.5 Å². The smallest absolute Gasteiger partial charge is 0.166 e. The van der Waals surface area contributed by atoms with Gasteiger partial charge in [-0.2, -0.15) is 0 Å². The standard InChI is InChI=1S/C59H37N5/c1-4-18-38(19-5-1)43-28-16-30-47-53(64-52-33-15-13-27-45(52)50-36-40-22-10-11-23-41(40)37-54(50)64)35-34-48(55(43)47)58-60-57(39-20-6-2-7-21-39)61-59(62-58)49-31-17-29-46-44-26-12-14-32-51(44)63(56(46)49)42-24-8-3-9-25-42/h1-37H. The van der Waals surface area contributed by atoms with Gasteiger partial charge >= 0.3 is 0 Å². The molecule has 5 nitrogen and oxygen atoms in total. The molecule has 3 aromatic heterocycles. The maximum absolute atomic E-state index is 5.52. The van der Waals surface area contributed by atoms with Crippen molar-refractivity contribution in [2.45, 2.75) is 0 Å². The molecular weight excluding hydrogens is 779 g/mol. The molecule has 0 radical (unpaired) electrons. The number of aromatic nitrogens is 5. The van der Waals surface area contributed by atoms with Gasteiger partial charge in [0.05, 0.1) is 27.8 Å². The topological polar surface area (TPSA) is 48.5 Å². The fourth-order valence-corrected chi connectivity index (χ4v) is 9.92. The molecule has 3 heterocycles. The molecule has 0 fully saturated rings. The Balaban J connectivity index is 1.13. The fourth-order valence-electron chi connectivity index (χ4n) is 9.92. The van der Waals surface area contributed by atoms with Gasteiger partial charge in [0.2, 0.25) is 0 Å². The summed E-state index contributed by atoms with van der Waals surface area (Å²) in [5, 5.41) is 9.36. The van der Waals surface area contributed by atoms with Gasteiger partial charge < -0.3 is 9.13 Å². The second-order valence-electron chi connectivity index (χ2n) is 16.4. The number of benzene rings is 10. The van der Waals surface area contributed by atoms with Crippen LogP contribution in [0, 0.1) is 0 Å². The highest BCUT2D eigenvalue weighted by atomic mass is 15.1. The van der Waals surface area contributed by atoms with Crippen LogP contribution in [0.4, 0.5) is 0 Å². The van der Waals surface area contributed by atoms with Gasteiger partial charge in [-0.1, -0.05) is 170 Å². The molecule has 0 unspecified atom stereocenters.